The van der Waals surface area contributed by atoms with E-state index in [0.717, 1.165) is 12.5 Å². The molecule has 1 atom stereocenters. The van der Waals surface area contributed by atoms with E-state index >= 15 is 0 Å². The zero-order chi connectivity index (χ0) is 18.8. The van der Waals surface area contributed by atoms with E-state index in [-0.39, 0.29) is 16.8 Å². The van der Waals surface area contributed by atoms with E-state index in [1.54, 1.807) is 0 Å². The van der Waals surface area contributed by atoms with Crippen LogP contribution in [0.4, 0.5) is 11.4 Å². The molecule has 9 nitrogen and oxygen atoms in total. The Balaban J connectivity index is 2.26. The normalized spacial score (nSPS) is 18.6. The number of benzene rings is 1. The van der Waals surface area contributed by atoms with Crippen LogP contribution in [0.1, 0.15) is 0 Å². The second kappa shape index (κ2) is 7.58. The third-order valence-electron chi connectivity index (χ3n) is 3.12. The fourth-order valence-electron chi connectivity index (χ4n) is 2.20. The summed E-state index contributed by atoms with van der Waals surface area (Å²) in [6.45, 7) is 0.885. The number of carbonyl (C=O) groups excluding carboxylic acids is 1. The molecule has 0 aliphatic carbocycles. The summed E-state index contributed by atoms with van der Waals surface area (Å²) in [7, 11) is -8.12. The van der Waals surface area contributed by atoms with Gasteiger partial charge in [-0.05, 0) is 34.1 Å². The van der Waals surface area contributed by atoms with Crippen LogP contribution >= 0.6 is 15.9 Å². The Kier molecular flexibility index (Phi) is 6.09. The number of ether oxygens (including phenoxy) is 2. The molecule has 140 valence electrons. The van der Waals surface area contributed by atoms with Crippen molar-refractivity contribution in [1.82, 2.24) is 0 Å². The first kappa shape index (κ1) is 20.1. The van der Waals surface area contributed by atoms with Crippen LogP contribution in [0.25, 0.3) is 0 Å². The maximum Gasteiger partial charge on any atom is 0.255 e. The van der Waals surface area contributed by atoms with Gasteiger partial charge in [0.25, 0.3) is 5.91 Å². The second-order valence-corrected chi connectivity index (χ2v) is 10.1. The molecule has 1 N–H and O–H groups in total. The summed E-state index contributed by atoms with van der Waals surface area (Å²) in [4.78, 5) is 12.1. The first-order chi connectivity index (χ1) is 11.5. The van der Waals surface area contributed by atoms with Gasteiger partial charge < -0.3 is 14.8 Å². The van der Waals surface area contributed by atoms with E-state index < -0.39 is 32.1 Å². The molecular formula is C13H17BrN2O7S2. The van der Waals surface area contributed by atoms with Crippen molar-refractivity contribution < 1.29 is 31.1 Å². The maximum atomic E-state index is 12.1. The molecule has 1 aliphatic heterocycles. The van der Waals surface area contributed by atoms with Gasteiger partial charge in [0.05, 0.1) is 38.0 Å². The lowest BCUT2D eigenvalue weighted by molar-refractivity contribution is -0.142. The number of hydrogen-bond acceptors (Lipinski definition) is 7. The number of anilines is 2. The van der Waals surface area contributed by atoms with E-state index in [4.69, 9.17) is 9.47 Å². The Hall–Kier alpha value is -1.21. The Bertz CT molecular complexity index is 832. The quantitative estimate of drug-likeness (QED) is 0.685. The second-order valence-electron chi connectivity index (χ2n) is 5.31. The number of halogens is 1. The highest BCUT2D eigenvalue weighted by atomic mass is 79.9. The van der Waals surface area contributed by atoms with Gasteiger partial charge in [0, 0.05) is 10.2 Å². The largest absolute Gasteiger partial charge is 0.376 e. The molecule has 1 aromatic carbocycles. The molecule has 12 heteroatoms. The topological polar surface area (TPSA) is 119 Å². The van der Waals surface area contributed by atoms with Crippen LogP contribution in [0.2, 0.25) is 0 Å². The highest BCUT2D eigenvalue weighted by Crippen LogP contribution is 2.32. The van der Waals surface area contributed by atoms with Gasteiger partial charge in [-0.1, -0.05) is 0 Å². The SMILES string of the molecule is CS(=O)(=O)N(c1ccc(NC(=O)C2COCCO2)cc1Br)S(C)(=O)=O. The first-order valence-electron chi connectivity index (χ1n) is 7.00. The summed E-state index contributed by atoms with van der Waals surface area (Å²) in [5, 5.41) is 2.60. The minimum Gasteiger partial charge on any atom is -0.376 e. The van der Waals surface area contributed by atoms with Crippen molar-refractivity contribution in [3.05, 3.63) is 22.7 Å². The number of amides is 1. The van der Waals surface area contributed by atoms with Gasteiger partial charge in [-0.25, -0.2) is 16.8 Å². The van der Waals surface area contributed by atoms with Crippen LogP contribution in [0.3, 0.4) is 0 Å². The molecule has 1 aromatic rings. The third-order valence-corrected chi connectivity index (χ3v) is 6.98. The molecule has 1 amide bonds. The molecular weight excluding hydrogens is 440 g/mol. The van der Waals surface area contributed by atoms with E-state index in [2.05, 4.69) is 21.2 Å². The molecule has 25 heavy (non-hydrogen) atoms. The molecule has 0 radical (unpaired) electrons. The number of nitrogens with zero attached hydrogens (tertiary/aromatic N) is 1. The number of nitrogens with one attached hydrogen (secondary N) is 1. The highest BCUT2D eigenvalue weighted by Gasteiger charge is 2.29. The van der Waals surface area contributed by atoms with Gasteiger partial charge >= 0.3 is 0 Å². The maximum absolute atomic E-state index is 12.1. The van der Waals surface area contributed by atoms with Crippen LogP contribution in [-0.2, 0) is 34.3 Å². The minimum absolute atomic E-state index is 0.0831. The average molecular weight is 457 g/mol. The number of carbonyl (C=O) groups is 1. The van der Waals surface area contributed by atoms with Crippen LogP contribution in [0.15, 0.2) is 22.7 Å². The molecule has 0 bridgehead atoms. The predicted octanol–water partition coefficient (Wildman–Crippen LogP) is 0.529. The van der Waals surface area contributed by atoms with E-state index in [9.17, 15) is 21.6 Å². The van der Waals surface area contributed by atoms with Crippen molar-refractivity contribution >= 4 is 53.3 Å². The number of rotatable bonds is 5. The molecule has 1 fully saturated rings. The van der Waals surface area contributed by atoms with E-state index in [1.165, 1.54) is 18.2 Å². The van der Waals surface area contributed by atoms with Crippen molar-refractivity contribution in [1.29, 1.82) is 0 Å². The third kappa shape index (κ3) is 5.14. The van der Waals surface area contributed by atoms with Gasteiger partial charge in [0.15, 0.2) is 6.10 Å². The standard InChI is InChI=1S/C13H17BrN2O7S2/c1-24(18,19)16(25(2,20)21)11-4-3-9(7-10(11)14)15-13(17)12-8-22-5-6-23-12/h3-4,7,12H,5-6,8H2,1-2H3,(H,15,17). The minimum atomic E-state index is -4.06. The monoisotopic (exact) mass is 456 g/mol. The summed E-state index contributed by atoms with van der Waals surface area (Å²) in [6.07, 6.45) is 0.837. The van der Waals surface area contributed by atoms with E-state index in [0.29, 0.717) is 22.6 Å². The Morgan fingerprint density at radius 3 is 2.32 bits per heavy atom. The first-order valence-corrected chi connectivity index (χ1v) is 11.5. The molecule has 0 saturated carbocycles. The molecule has 2 rings (SSSR count). The smallest absolute Gasteiger partial charge is 0.255 e. The summed E-state index contributed by atoms with van der Waals surface area (Å²) < 4.78 is 58.2. The van der Waals surface area contributed by atoms with Crippen molar-refractivity contribution in [2.45, 2.75) is 6.10 Å². The van der Waals surface area contributed by atoms with Crippen LogP contribution < -0.4 is 9.03 Å². The lowest BCUT2D eigenvalue weighted by Crippen LogP contribution is -2.39. The Morgan fingerprint density at radius 2 is 1.84 bits per heavy atom. The predicted molar refractivity (Wildman–Crippen MR) is 95.5 cm³/mol. The van der Waals surface area contributed by atoms with Crippen LogP contribution in [0, 0.1) is 0 Å². The number of sulfonamides is 2. The fourth-order valence-corrected chi connectivity index (χ4v) is 5.99. The molecule has 1 aliphatic rings. The molecule has 1 unspecified atom stereocenters. The fraction of sp³-hybridized carbons (Fsp3) is 0.462. The summed E-state index contributed by atoms with van der Waals surface area (Å²) >= 11 is 3.14. The van der Waals surface area contributed by atoms with Gasteiger partial charge in [0.1, 0.15) is 0 Å². The van der Waals surface area contributed by atoms with Crippen molar-refractivity contribution in [2.75, 3.05) is 41.4 Å². The Labute approximate surface area is 154 Å². The molecule has 1 heterocycles. The highest BCUT2D eigenvalue weighted by molar-refractivity contribution is 9.10. The molecule has 0 spiro atoms. The number of hydrogen-bond donors (Lipinski definition) is 1. The zero-order valence-electron chi connectivity index (χ0n) is 13.4. The average Bonchev–Trinajstić information content (AvgIpc) is 2.48. The van der Waals surface area contributed by atoms with E-state index in [1.807, 2.05) is 0 Å². The lowest BCUT2D eigenvalue weighted by Gasteiger charge is -2.23. The van der Waals surface area contributed by atoms with Gasteiger partial charge in [-0.3, -0.25) is 4.79 Å². The van der Waals surface area contributed by atoms with Gasteiger partial charge in [-0.15, -0.1) is 0 Å². The van der Waals surface area contributed by atoms with Gasteiger partial charge in [0.2, 0.25) is 20.0 Å². The lowest BCUT2D eigenvalue weighted by atomic mass is 10.2. The van der Waals surface area contributed by atoms with Gasteiger partial charge in [-0.2, -0.15) is 3.71 Å². The van der Waals surface area contributed by atoms with Crippen LogP contribution in [-0.4, -0.2) is 61.2 Å². The van der Waals surface area contributed by atoms with Crippen molar-refractivity contribution in [3.63, 3.8) is 0 Å². The van der Waals surface area contributed by atoms with Crippen molar-refractivity contribution in [3.8, 4) is 0 Å². The van der Waals surface area contributed by atoms with Crippen molar-refractivity contribution in [2.24, 2.45) is 0 Å². The summed E-state index contributed by atoms with van der Waals surface area (Å²) in [5.41, 5.74) is 0.261. The Morgan fingerprint density at radius 1 is 1.20 bits per heavy atom. The zero-order valence-corrected chi connectivity index (χ0v) is 16.6. The molecule has 1 saturated heterocycles. The van der Waals surface area contributed by atoms with Crippen LogP contribution in [0.5, 0.6) is 0 Å². The summed E-state index contributed by atoms with van der Waals surface area (Å²) in [6, 6.07) is 4.07. The molecule has 0 aromatic heterocycles. The summed E-state index contributed by atoms with van der Waals surface area (Å²) in [5.74, 6) is -0.414.